The number of alkyl halides is 4. The van der Waals surface area contributed by atoms with E-state index in [1.165, 1.54) is 25.2 Å². The lowest BCUT2D eigenvalue weighted by Crippen LogP contribution is -3.00. The van der Waals surface area contributed by atoms with E-state index >= 15 is 0 Å². The standard InChI is InChI=1S/C29H42N8O2.C17H20N6.C7H10BrF3O.BrH/c1-5-15-34-19-20-35(16-6-2)28-23-26(11-12-27(28)34)32-33-29-36(17-9-7-13-30-24(3)38)21-22-37(29)18-10-8-14-31-25(4)39;1-3-9-22-11-12-23(10-4-2)16-13-14(5-6-15(16)22)20-21-17-18-7-8-19-17;8-5-3-1-2-4-6(12)7(9,10)11;/h5-6,11-12,21-23H,1-2,7-10,13-20H2,3-4H3,(H-,30,31,38,39);3-8,13H,1-2,9-12H2,(H,18,19);1-5H2;1H. The third kappa shape index (κ3) is 21.8. The Morgan fingerprint density at radius 2 is 1.21 bits per heavy atom. The number of hydrogen-bond donors (Lipinski definition) is 3. The number of azo groups is 2. The number of amides is 2. The Balaban J connectivity index is 0.000000345. The first-order chi connectivity index (χ1) is 35.7. The highest BCUT2D eigenvalue weighted by atomic mass is 79.9. The molecule has 2 aromatic carbocycles. The highest BCUT2D eigenvalue weighted by Crippen LogP contribution is 2.38. The summed E-state index contributed by atoms with van der Waals surface area (Å²) in [5, 5.41) is 24.2. The molecular weight excluding hydrogens is 1100 g/mol. The van der Waals surface area contributed by atoms with Crippen LogP contribution in [0.15, 0.2) is 132 Å². The summed E-state index contributed by atoms with van der Waals surface area (Å²) in [6.45, 7) is 28.5. The number of imidazole rings is 2. The minimum atomic E-state index is -4.64. The molecule has 3 N–H and O–H groups in total. The van der Waals surface area contributed by atoms with Crippen LogP contribution in [0.3, 0.4) is 0 Å². The highest BCUT2D eigenvalue weighted by Gasteiger charge is 2.37. The number of anilines is 4. The average Bonchev–Trinajstić information content (AvgIpc) is 4.05. The molecular formula is C53H73Br2F3N14O3. The average molecular weight is 1170 g/mol. The Hall–Kier alpha value is -6.42. The van der Waals surface area contributed by atoms with Crippen molar-refractivity contribution in [2.75, 3.05) is 90.4 Å². The normalized spacial score (nSPS) is 12.9. The number of aromatic amines is 1. The lowest BCUT2D eigenvalue weighted by atomic mass is 10.1. The van der Waals surface area contributed by atoms with Gasteiger partial charge >= 0.3 is 12.1 Å². The van der Waals surface area contributed by atoms with Gasteiger partial charge in [0.15, 0.2) is 0 Å². The lowest BCUT2D eigenvalue weighted by Gasteiger charge is -2.38. The molecule has 0 bridgehead atoms. The number of ketones is 1. The minimum absolute atomic E-state index is 0. The summed E-state index contributed by atoms with van der Waals surface area (Å²) in [6.07, 6.45) is 15.5. The molecule has 4 heterocycles. The fourth-order valence-electron chi connectivity index (χ4n) is 8.02. The Bertz CT molecular complexity index is 2440. The zero-order valence-corrected chi connectivity index (χ0v) is 46.5. The van der Waals surface area contributed by atoms with E-state index in [4.69, 9.17) is 5.11 Å². The van der Waals surface area contributed by atoms with Gasteiger partial charge in [0.05, 0.1) is 53.9 Å². The molecule has 0 unspecified atom stereocenters. The SMILES string of the molecule is C=CCN1CCN(CC=C)c2cc(N=Nc3n(CCCCNC(C)=O)cc[n+]3CCCCNC(C)=O)ccc21.C=CCN1CCN(CC=C)c2cc(N=Nc3ncc[nH]3)ccc21.O=C(CCCCCBr)C(F)(F)F.[Br-]. The van der Waals surface area contributed by atoms with E-state index in [9.17, 15) is 27.6 Å². The van der Waals surface area contributed by atoms with Gasteiger partial charge in [-0.1, -0.05) is 51.8 Å². The number of halogens is 5. The number of carbonyl (C=O) groups excluding carboxylic acids is 3. The second-order valence-electron chi connectivity index (χ2n) is 17.4. The highest BCUT2D eigenvalue weighted by molar-refractivity contribution is 9.09. The molecule has 0 fully saturated rings. The smallest absolute Gasteiger partial charge is 0.449 e. The van der Waals surface area contributed by atoms with Crippen LogP contribution in [0, 0.1) is 0 Å². The minimum Gasteiger partial charge on any atom is -1.00 e. The number of nitrogens with one attached hydrogen (secondary N) is 3. The van der Waals surface area contributed by atoms with Crippen LogP contribution in [-0.2, 0) is 27.5 Å². The molecule has 6 rings (SSSR count). The van der Waals surface area contributed by atoms with Crippen LogP contribution in [0.4, 0.5) is 59.2 Å². The summed E-state index contributed by atoms with van der Waals surface area (Å²) in [4.78, 5) is 48.8. The van der Waals surface area contributed by atoms with E-state index in [0.717, 1.165) is 132 Å². The maximum absolute atomic E-state index is 11.6. The van der Waals surface area contributed by atoms with Crippen LogP contribution >= 0.6 is 15.9 Å². The molecule has 17 nitrogen and oxygen atoms in total. The van der Waals surface area contributed by atoms with Crippen molar-refractivity contribution in [1.82, 2.24) is 25.2 Å². The van der Waals surface area contributed by atoms with E-state index < -0.39 is 12.0 Å². The van der Waals surface area contributed by atoms with Gasteiger partial charge in [-0.05, 0) is 74.9 Å². The molecule has 2 aliphatic heterocycles. The third-order valence-electron chi connectivity index (χ3n) is 11.7. The molecule has 0 aliphatic carbocycles. The van der Waals surface area contributed by atoms with E-state index in [1.807, 2.05) is 48.8 Å². The molecule has 4 aromatic rings. The van der Waals surface area contributed by atoms with Crippen molar-refractivity contribution in [3.63, 3.8) is 0 Å². The molecule has 0 saturated carbocycles. The number of aromatic nitrogens is 4. The first kappa shape index (κ1) is 62.9. The second-order valence-corrected chi connectivity index (χ2v) is 18.2. The Kier molecular flexibility index (Phi) is 28.7. The third-order valence-corrected chi connectivity index (χ3v) is 12.2. The largest absolute Gasteiger partial charge is 1.00 e. The number of nitrogens with zero attached hydrogens (tertiary/aromatic N) is 11. The number of aryl methyl sites for hydroxylation is 2. The van der Waals surface area contributed by atoms with Gasteiger partial charge in [-0.2, -0.15) is 13.2 Å². The summed E-state index contributed by atoms with van der Waals surface area (Å²) in [6, 6.07) is 12.3. The van der Waals surface area contributed by atoms with Crippen molar-refractivity contribution in [2.45, 2.75) is 84.5 Å². The summed E-state index contributed by atoms with van der Waals surface area (Å²) >= 11 is 3.15. The molecule has 408 valence electrons. The van der Waals surface area contributed by atoms with Crippen molar-refractivity contribution in [3.05, 3.63) is 112 Å². The van der Waals surface area contributed by atoms with Gasteiger partial charge in [0.2, 0.25) is 23.5 Å². The topological polar surface area (TPSA) is 175 Å². The number of hydrogen-bond acceptors (Lipinski definition) is 12. The lowest BCUT2D eigenvalue weighted by molar-refractivity contribution is -0.684. The maximum Gasteiger partial charge on any atom is 0.449 e. The van der Waals surface area contributed by atoms with Gasteiger partial charge in [-0.15, -0.1) is 36.5 Å². The van der Waals surface area contributed by atoms with Crippen molar-refractivity contribution in [3.8, 4) is 0 Å². The van der Waals surface area contributed by atoms with E-state index in [0.29, 0.717) is 31.9 Å². The van der Waals surface area contributed by atoms with Crippen LogP contribution in [0.25, 0.3) is 0 Å². The molecule has 2 amide bonds. The molecule has 0 spiro atoms. The van der Waals surface area contributed by atoms with Gasteiger partial charge in [0, 0.05) is 109 Å². The van der Waals surface area contributed by atoms with Crippen molar-refractivity contribution >= 4 is 79.5 Å². The number of carbonyl (C=O) groups is 3. The summed E-state index contributed by atoms with van der Waals surface area (Å²) in [5.41, 5.74) is 6.22. The Morgan fingerprint density at radius 1 is 0.707 bits per heavy atom. The molecule has 2 aromatic heterocycles. The zero-order chi connectivity index (χ0) is 53.7. The van der Waals surface area contributed by atoms with Crippen molar-refractivity contribution in [1.29, 1.82) is 0 Å². The van der Waals surface area contributed by atoms with Crippen molar-refractivity contribution < 1.29 is 49.1 Å². The van der Waals surface area contributed by atoms with E-state index in [-0.39, 0.29) is 35.2 Å². The predicted molar refractivity (Wildman–Crippen MR) is 293 cm³/mol. The van der Waals surface area contributed by atoms with Gasteiger partial charge in [0.25, 0.3) is 0 Å². The quantitative estimate of drug-likeness (QED) is 0.0178. The number of benzene rings is 2. The first-order valence-electron chi connectivity index (χ1n) is 25.0. The zero-order valence-electron chi connectivity index (χ0n) is 43.3. The summed E-state index contributed by atoms with van der Waals surface area (Å²) in [5.74, 6) is -0.349. The van der Waals surface area contributed by atoms with Gasteiger partial charge < -0.3 is 52.2 Å². The van der Waals surface area contributed by atoms with Crippen LogP contribution in [0.5, 0.6) is 0 Å². The second kappa shape index (κ2) is 34.2. The Morgan fingerprint density at radius 3 is 1.68 bits per heavy atom. The van der Waals surface area contributed by atoms with Gasteiger partial charge in [-0.25, -0.2) is 14.1 Å². The Labute approximate surface area is 458 Å². The summed E-state index contributed by atoms with van der Waals surface area (Å²) < 4.78 is 39.0. The molecule has 0 radical (unpaired) electrons. The van der Waals surface area contributed by atoms with Crippen LogP contribution in [0.2, 0.25) is 0 Å². The fourth-order valence-corrected chi connectivity index (χ4v) is 8.42. The van der Waals surface area contributed by atoms with Gasteiger partial charge in [-0.3, -0.25) is 14.4 Å². The van der Waals surface area contributed by atoms with Crippen LogP contribution in [-0.4, -0.2) is 109 Å². The van der Waals surface area contributed by atoms with E-state index in [2.05, 4.69) is 131 Å². The predicted octanol–water partition coefficient (Wildman–Crippen LogP) is 7.92. The van der Waals surface area contributed by atoms with Crippen molar-refractivity contribution in [2.24, 2.45) is 20.5 Å². The molecule has 2 aliphatic rings. The molecule has 75 heavy (non-hydrogen) atoms. The number of fused-ring (bicyclic) bond motifs is 2. The monoisotopic (exact) mass is 1170 g/mol. The van der Waals surface area contributed by atoms with Gasteiger partial charge in [0.1, 0.15) is 5.69 Å². The fraction of sp³-hybridized carbons (Fsp3) is 0.453. The number of Topliss-reactive ketones (excluding diaryl/α,β-unsaturated/α-hetero) is 1. The number of H-pyrrole nitrogens is 1. The van der Waals surface area contributed by atoms with E-state index in [1.54, 1.807) is 12.4 Å². The van der Waals surface area contributed by atoms with Crippen LogP contribution < -0.4 is 51.8 Å². The van der Waals surface area contributed by atoms with Crippen LogP contribution in [0.1, 0.15) is 65.2 Å². The number of unbranched alkanes of at least 4 members (excludes halogenated alkanes) is 4. The number of rotatable bonds is 27. The molecule has 0 saturated heterocycles. The molecule has 22 heteroatoms. The summed E-state index contributed by atoms with van der Waals surface area (Å²) in [7, 11) is 0. The maximum atomic E-state index is 11.6. The molecule has 0 atom stereocenters. The first-order valence-corrected chi connectivity index (χ1v) is 26.1.